The molecule has 4 aromatic rings. The Balaban J connectivity index is 1.53. The summed E-state index contributed by atoms with van der Waals surface area (Å²) in [5.74, 6) is -0.437. The first-order valence-corrected chi connectivity index (χ1v) is 10.6. The van der Waals surface area contributed by atoms with E-state index in [9.17, 15) is 18.0 Å². The number of aromatic nitrogens is 2. The molecular formula is C25H20F3N3O3. The first kappa shape index (κ1) is 21.9. The van der Waals surface area contributed by atoms with Gasteiger partial charge in [0.1, 0.15) is 17.9 Å². The topological polar surface area (TPSA) is 68.5 Å². The molecule has 0 unspecified atom stereocenters. The molecule has 174 valence electrons. The molecule has 0 bridgehead atoms. The van der Waals surface area contributed by atoms with Gasteiger partial charge in [0.2, 0.25) is 0 Å². The van der Waals surface area contributed by atoms with Crippen molar-refractivity contribution in [3.63, 3.8) is 0 Å². The molecule has 2 aromatic heterocycles. The molecule has 5 rings (SSSR count). The van der Waals surface area contributed by atoms with Crippen molar-refractivity contribution in [3.8, 4) is 28.1 Å². The van der Waals surface area contributed by atoms with Gasteiger partial charge in [-0.3, -0.25) is 4.79 Å². The van der Waals surface area contributed by atoms with E-state index in [0.29, 0.717) is 17.6 Å². The molecule has 0 spiro atoms. The number of aryl methyl sites for hydroxylation is 1. The van der Waals surface area contributed by atoms with Crippen LogP contribution in [-0.4, -0.2) is 47.4 Å². The van der Waals surface area contributed by atoms with Gasteiger partial charge in [0, 0.05) is 23.1 Å². The normalized spacial score (nSPS) is 13.9. The molecule has 2 aromatic carbocycles. The largest absolute Gasteiger partial charge is 0.496 e. The van der Waals surface area contributed by atoms with Crippen molar-refractivity contribution in [2.75, 3.05) is 20.2 Å². The fourth-order valence-electron chi connectivity index (χ4n) is 4.28. The smallest absolute Gasteiger partial charge is 0.406 e. The van der Waals surface area contributed by atoms with Gasteiger partial charge in [0.15, 0.2) is 0 Å². The molecule has 3 heterocycles. The quantitative estimate of drug-likeness (QED) is 0.400. The predicted molar refractivity (Wildman–Crippen MR) is 120 cm³/mol. The van der Waals surface area contributed by atoms with Gasteiger partial charge in [0.05, 0.1) is 30.3 Å². The Kier molecular flexibility index (Phi) is 5.27. The molecule has 0 radical (unpaired) electrons. The number of halogens is 3. The van der Waals surface area contributed by atoms with Gasteiger partial charge in [-0.1, -0.05) is 6.07 Å². The predicted octanol–water partition coefficient (Wildman–Crippen LogP) is 5.43. The summed E-state index contributed by atoms with van der Waals surface area (Å²) in [4.78, 5) is 13.6. The molecule has 1 aliphatic rings. The molecule has 0 saturated carbocycles. The third-order valence-electron chi connectivity index (χ3n) is 5.91. The van der Waals surface area contributed by atoms with Gasteiger partial charge in [-0.05, 0) is 60.9 Å². The van der Waals surface area contributed by atoms with Crippen molar-refractivity contribution in [1.29, 1.82) is 0 Å². The van der Waals surface area contributed by atoms with E-state index in [1.807, 2.05) is 43.3 Å². The molecule has 6 nitrogen and oxygen atoms in total. The summed E-state index contributed by atoms with van der Waals surface area (Å²) in [5, 5.41) is 9.16. The summed E-state index contributed by atoms with van der Waals surface area (Å²) in [5.41, 5.74) is 5.44. The minimum Gasteiger partial charge on any atom is -0.496 e. The lowest BCUT2D eigenvalue weighted by atomic mass is 9.92. The first-order valence-electron chi connectivity index (χ1n) is 10.6. The van der Waals surface area contributed by atoms with Crippen LogP contribution in [0.2, 0.25) is 0 Å². The molecule has 1 amide bonds. The molecule has 0 aliphatic carbocycles. The first-order chi connectivity index (χ1) is 16.2. The fourth-order valence-corrected chi connectivity index (χ4v) is 4.28. The molecule has 0 fully saturated rings. The average Bonchev–Trinajstić information content (AvgIpc) is 3.23. The number of nitrogens with zero attached hydrogens (tertiary/aromatic N) is 3. The van der Waals surface area contributed by atoms with Crippen LogP contribution in [0.5, 0.6) is 5.75 Å². The molecule has 0 atom stereocenters. The summed E-state index contributed by atoms with van der Waals surface area (Å²) < 4.78 is 49.9. The summed E-state index contributed by atoms with van der Waals surface area (Å²) in [6.07, 6.45) is -2.54. The van der Waals surface area contributed by atoms with Crippen LogP contribution in [0.4, 0.5) is 13.2 Å². The third-order valence-corrected chi connectivity index (χ3v) is 5.91. The minimum absolute atomic E-state index is 0.00890. The van der Waals surface area contributed by atoms with Gasteiger partial charge in [0.25, 0.3) is 5.91 Å². The Morgan fingerprint density at radius 1 is 1.09 bits per heavy atom. The number of carbonyl (C=O) groups is 1. The molecular weight excluding hydrogens is 447 g/mol. The summed E-state index contributed by atoms with van der Waals surface area (Å²) >= 11 is 0. The van der Waals surface area contributed by atoms with Crippen molar-refractivity contribution in [1.82, 2.24) is 15.1 Å². The van der Waals surface area contributed by atoms with Crippen LogP contribution >= 0.6 is 0 Å². The number of fused-ring (bicyclic) bond motifs is 2. The number of methoxy groups -OCH3 is 1. The van der Waals surface area contributed by atoms with Gasteiger partial charge in [-0.15, -0.1) is 0 Å². The minimum atomic E-state index is -4.46. The maximum absolute atomic E-state index is 12.9. The lowest BCUT2D eigenvalue weighted by Crippen LogP contribution is -2.43. The van der Waals surface area contributed by atoms with E-state index in [1.54, 1.807) is 12.3 Å². The lowest BCUT2D eigenvalue weighted by Gasteiger charge is -2.30. The van der Waals surface area contributed by atoms with Crippen molar-refractivity contribution < 1.29 is 27.1 Å². The maximum Gasteiger partial charge on any atom is 0.406 e. The van der Waals surface area contributed by atoms with E-state index in [1.165, 1.54) is 7.11 Å². The Labute approximate surface area is 193 Å². The Hall–Kier alpha value is -3.88. The number of benzene rings is 2. The molecule has 0 N–H and O–H groups in total. The Bertz CT molecular complexity index is 1380. The van der Waals surface area contributed by atoms with Crippen molar-refractivity contribution in [3.05, 3.63) is 65.5 Å². The number of carbonyl (C=O) groups excluding carboxylic acids is 1. The van der Waals surface area contributed by atoms with E-state index >= 15 is 0 Å². The highest BCUT2D eigenvalue weighted by atomic mass is 19.4. The zero-order chi connectivity index (χ0) is 24.0. The monoisotopic (exact) mass is 467 g/mol. The van der Waals surface area contributed by atoms with E-state index < -0.39 is 18.6 Å². The Morgan fingerprint density at radius 3 is 2.62 bits per heavy atom. The second kappa shape index (κ2) is 8.16. The number of ether oxygens (including phenoxy) is 1. The summed E-state index contributed by atoms with van der Waals surface area (Å²) in [6.45, 7) is 0.578. The molecule has 1 aliphatic heterocycles. The number of amides is 1. The highest BCUT2D eigenvalue weighted by Crippen LogP contribution is 2.38. The standard InChI is InChI=1S/C25H20F3N3O3/c1-14-3-6-20(30-29-14)15-4-5-18-19(12-34-21(18)10-15)17-9-16-7-8-31(13-25(26,27)28)24(32)23(16)22(11-17)33-2/h3-6,9-12H,7-8,13H2,1-2H3. The van der Waals surface area contributed by atoms with E-state index in [4.69, 9.17) is 9.15 Å². The molecule has 9 heteroatoms. The molecule has 34 heavy (non-hydrogen) atoms. The number of hydrogen-bond acceptors (Lipinski definition) is 5. The van der Waals surface area contributed by atoms with Gasteiger partial charge < -0.3 is 14.1 Å². The number of furan rings is 1. The van der Waals surface area contributed by atoms with E-state index in [2.05, 4.69) is 10.2 Å². The second-order valence-corrected chi connectivity index (χ2v) is 8.22. The Morgan fingerprint density at radius 2 is 1.91 bits per heavy atom. The van der Waals surface area contributed by atoms with Crippen LogP contribution in [0.25, 0.3) is 33.4 Å². The van der Waals surface area contributed by atoms with Crippen LogP contribution in [0.15, 0.2) is 53.1 Å². The number of hydrogen-bond donors (Lipinski definition) is 0. The van der Waals surface area contributed by atoms with Crippen molar-refractivity contribution in [2.24, 2.45) is 0 Å². The highest BCUT2D eigenvalue weighted by molar-refractivity contribution is 6.02. The van der Waals surface area contributed by atoms with Crippen LogP contribution in [0.3, 0.4) is 0 Å². The zero-order valence-corrected chi connectivity index (χ0v) is 18.4. The van der Waals surface area contributed by atoms with Gasteiger partial charge in [-0.25, -0.2) is 0 Å². The van der Waals surface area contributed by atoms with Crippen LogP contribution in [-0.2, 0) is 6.42 Å². The van der Waals surface area contributed by atoms with Crippen LogP contribution in [0.1, 0.15) is 21.6 Å². The van der Waals surface area contributed by atoms with E-state index in [0.717, 1.165) is 38.4 Å². The number of alkyl halides is 3. The SMILES string of the molecule is COc1cc(-c2coc3cc(-c4ccc(C)nn4)ccc23)cc2c1C(=O)N(CC(F)(F)F)CC2. The van der Waals surface area contributed by atoms with Crippen molar-refractivity contribution >= 4 is 16.9 Å². The fraction of sp³-hybridized carbons (Fsp3) is 0.240. The second-order valence-electron chi connectivity index (χ2n) is 8.22. The number of rotatable bonds is 4. The van der Waals surface area contributed by atoms with Crippen molar-refractivity contribution in [2.45, 2.75) is 19.5 Å². The maximum atomic E-state index is 12.9. The summed E-state index contributed by atoms with van der Waals surface area (Å²) in [6, 6.07) is 13.0. The van der Waals surface area contributed by atoms with Crippen LogP contribution in [0, 0.1) is 6.92 Å². The third kappa shape index (κ3) is 3.98. The summed E-state index contributed by atoms with van der Waals surface area (Å²) in [7, 11) is 1.40. The zero-order valence-electron chi connectivity index (χ0n) is 18.4. The van der Waals surface area contributed by atoms with Gasteiger partial charge in [-0.2, -0.15) is 23.4 Å². The molecule has 0 saturated heterocycles. The highest BCUT2D eigenvalue weighted by Gasteiger charge is 2.37. The van der Waals surface area contributed by atoms with Gasteiger partial charge >= 0.3 is 6.18 Å². The van der Waals surface area contributed by atoms with Crippen LogP contribution < -0.4 is 4.74 Å². The lowest BCUT2D eigenvalue weighted by molar-refractivity contribution is -0.141. The van der Waals surface area contributed by atoms with E-state index in [-0.39, 0.29) is 17.9 Å². The average molecular weight is 467 g/mol.